The molecule has 1 aliphatic carbocycles. The van der Waals surface area contributed by atoms with Crippen LogP contribution in [0.3, 0.4) is 0 Å². The summed E-state index contributed by atoms with van der Waals surface area (Å²) in [5.41, 5.74) is 0. The molecule has 0 radical (unpaired) electrons. The van der Waals surface area contributed by atoms with E-state index in [4.69, 9.17) is 5.11 Å². The second kappa shape index (κ2) is 6.06. The second-order valence-electron chi connectivity index (χ2n) is 4.58. The van der Waals surface area contributed by atoms with Crippen molar-refractivity contribution < 1.29 is 9.90 Å². The van der Waals surface area contributed by atoms with E-state index < -0.39 is 0 Å². The first-order valence-corrected chi connectivity index (χ1v) is 5.88. The van der Waals surface area contributed by atoms with Gasteiger partial charge in [0.05, 0.1) is 6.61 Å². The Morgan fingerprint density at radius 1 is 1.50 bits per heavy atom. The minimum atomic E-state index is -0.120. The van der Waals surface area contributed by atoms with Crippen LogP contribution in [0.1, 0.15) is 19.8 Å². The van der Waals surface area contributed by atoms with Gasteiger partial charge in [0.25, 0.3) is 0 Å². The molecule has 5 nitrogen and oxygen atoms in total. The molecule has 0 saturated heterocycles. The van der Waals surface area contributed by atoms with Gasteiger partial charge in [0, 0.05) is 32.2 Å². The van der Waals surface area contributed by atoms with Gasteiger partial charge in [-0.05, 0) is 26.8 Å². The molecule has 1 rings (SSSR count). The number of amides is 2. The zero-order valence-corrected chi connectivity index (χ0v) is 10.4. The van der Waals surface area contributed by atoms with Gasteiger partial charge in [-0.2, -0.15) is 0 Å². The summed E-state index contributed by atoms with van der Waals surface area (Å²) in [6, 6.07) is 0.950. The zero-order chi connectivity index (χ0) is 12.1. The summed E-state index contributed by atoms with van der Waals surface area (Å²) in [6.07, 6.45) is 2.55. The molecule has 0 aromatic carbocycles. The Hall–Kier alpha value is -0.810. The molecular formula is C11H23N3O2. The highest BCUT2D eigenvalue weighted by Gasteiger charge is 2.29. The number of rotatable bonds is 6. The number of carbonyl (C=O) groups is 1. The van der Waals surface area contributed by atoms with Crippen LogP contribution in [0.15, 0.2) is 0 Å². The highest BCUT2D eigenvalue weighted by Crippen LogP contribution is 2.26. The number of nitrogens with zero attached hydrogens (tertiary/aromatic N) is 2. The fourth-order valence-electron chi connectivity index (χ4n) is 1.61. The Morgan fingerprint density at radius 3 is 2.62 bits per heavy atom. The smallest absolute Gasteiger partial charge is 0.317 e. The molecule has 1 atom stereocenters. The van der Waals surface area contributed by atoms with Crippen molar-refractivity contribution >= 4 is 6.03 Å². The van der Waals surface area contributed by atoms with Gasteiger partial charge in [-0.3, -0.25) is 4.90 Å². The number of aliphatic hydroxyl groups is 1. The van der Waals surface area contributed by atoms with Gasteiger partial charge in [-0.15, -0.1) is 0 Å². The van der Waals surface area contributed by atoms with Crippen LogP contribution in [0.4, 0.5) is 4.79 Å². The lowest BCUT2D eigenvalue weighted by Gasteiger charge is -2.26. The summed E-state index contributed by atoms with van der Waals surface area (Å²) in [7, 11) is 3.78. The average Bonchev–Trinajstić information content (AvgIpc) is 3.08. The van der Waals surface area contributed by atoms with Crippen LogP contribution >= 0.6 is 0 Å². The summed E-state index contributed by atoms with van der Waals surface area (Å²) < 4.78 is 0. The largest absolute Gasteiger partial charge is 0.395 e. The monoisotopic (exact) mass is 229 g/mol. The van der Waals surface area contributed by atoms with Crippen LogP contribution in [-0.4, -0.2) is 66.8 Å². The lowest BCUT2D eigenvalue weighted by Crippen LogP contribution is -2.45. The number of likely N-dealkylation sites (N-methyl/N-ethyl adjacent to an activating group) is 2. The van der Waals surface area contributed by atoms with Crippen LogP contribution < -0.4 is 5.32 Å². The van der Waals surface area contributed by atoms with E-state index in [0.29, 0.717) is 25.2 Å². The first-order chi connectivity index (χ1) is 7.56. The van der Waals surface area contributed by atoms with Crippen molar-refractivity contribution in [1.29, 1.82) is 0 Å². The zero-order valence-electron chi connectivity index (χ0n) is 10.4. The van der Waals surface area contributed by atoms with E-state index in [1.54, 1.807) is 7.05 Å². The Balaban J connectivity index is 2.19. The fourth-order valence-corrected chi connectivity index (χ4v) is 1.61. The maximum Gasteiger partial charge on any atom is 0.317 e. The molecule has 5 heteroatoms. The summed E-state index contributed by atoms with van der Waals surface area (Å²) in [5.74, 6) is 0. The predicted molar refractivity (Wildman–Crippen MR) is 63.4 cm³/mol. The van der Waals surface area contributed by atoms with Crippen molar-refractivity contribution in [1.82, 2.24) is 15.1 Å². The molecule has 2 amide bonds. The van der Waals surface area contributed by atoms with E-state index in [9.17, 15) is 4.79 Å². The van der Waals surface area contributed by atoms with Gasteiger partial charge in [0.1, 0.15) is 0 Å². The van der Waals surface area contributed by atoms with Gasteiger partial charge in [0.15, 0.2) is 0 Å². The van der Waals surface area contributed by atoms with E-state index in [-0.39, 0.29) is 12.6 Å². The molecule has 1 aliphatic rings. The molecule has 0 aromatic rings. The molecule has 2 N–H and O–H groups in total. The van der Waals surface area contributed by atoms with Crippen LogP contribution in [0.25, 0.3) is 0 Å². The lowest BCUT2D eigenvalue weighted by molar-refractivity contribution is 0.183. The van der Waals surface area contributed by atoms with Crippen molar-refractivity contribution in [2.45, 2.75) is 31.8 Å². The molecule has 0 bridgehead atoms. The molecule has 0 aliphatic heterocycles. The minimum Gasteiger partial charge on any atom is -0.395 e. The molecular weight excluding hydrogens is 206 g/mol. The quantitative estimate of drug-likeness (QED) is 0.679. The molecule has 94 valence electrons. The third-order valence-corrected chi connectivity index (χ3v) is 3.15. The van der Waals surface area contributed by atoms with E-state index >= 15 is 0 Å². The normalized spacial score (nSPS) is 17.3. The summed E-state index contributed by atoms with van der Waals surface area (Å²) in [5, 5.41) is 11.6. The van der Waals surface area contributed by atoms with Crippen molar-refractivity contribution in [2.24, 2.45) is 0 Å². The van der Waals surface area contributed by atoms with Crippen LogP contribution in [0, 0.1) is 0 Å². The highest BCUT2D eigenvalue weighted by atomic mass is 16.3. The average molecular weight is 229 g/mol. The van der Waals surface area contributed by atoms with Gasteiger partial charge >= 0.3 is 6.03 Å². The molecule has 1 unspecified atom stereocenters. The van der Waals surface area contributed by atoms with Gasteiger partial charge in [-0.1, -0.05) is 0 Å². The molecule has 1 fully saturated rings. The molecule has 0 aromatic heterocycles. The van der Waals surface area contributed by atoms with Crippen LogP contribution in [-0.2, 0) is 0 Å². The third kappa shape index (κ3) is 3.98. The highest BCUT2D eigenvalue weighted by molar-refractivity contribution is 5.73. The number of aliphatic hydroxyl groups excluding tert-OH is 1. The summed E-state index contributed by atoms with van der Waals surface area (Å²) in [4.78, 5) is 15.3. The summed E-state index contributed by atoms with van der Waals surface area (Å²) >= 11 is 0. The SMILES string of the molecule is CC(CNC(=O)N(C)CCO)N(C)C1CC1. The Labute approximate surface area is 97.4 Å². The van der Waals surface area contributed by atoms with Crippen molar-refractivity contribution in [3.8, 4) is 0 Å². The van der Waals surface area contributed by atoms with Gasteiger partial charge < -0.3 is 15.3 Å². The lowest BCUT2D eigenvalue weighted by atomic mass is 10.3. The molecule has 0 spiro atoms. The number of nitrogens with one attached hydrogen (secondary N) is 1. The molecule has 0 heterocycles. The Kier molecular flexibility index (Phi) is 5.02. The van der Waals surface area contributed by atoms with E-state index in [2.05, 4.69) is 24.2 Å². The van der Waals surface area contributed by atoms with Gasteiger partial charge in [-0.25, -0.2) is 4.79 Å². The van der Waals surface area contributed by atoms with Crippen LogP contribution in [0.5, 0.6) is 0 Å². The van der Waals surface area contributed by atoms with Crippen LogP contribution in [0.2, 0.25) is 0 Å². The Bertz CT molecular complexity index is 231. The number of hydrogen-bond acceptors (Lipinski definition) is 3. The first-order valence-electron chi connectivity index (χ1n) is 5.88. The third-order valence-electron chi connectivity index (χ3n) is 3.15. The van der Waals surface area contributed by atoms with Gasteiger partial charge in [0.2, 0.25) is 0 Å². The minimum absolute atomic E-state index is 0.00144. The van der Waals surface area contributed by atoms with Crippen molar-refractivity contribution in [3.05, 3.63) is 0 Å². The topological polar surface area (TPSA) is 55.8 Å². The second-order valence-corrected chi connectivity index (χ2v) is 4.58. The molecule has 1 saturated carbocycles. The van der Waals surface area contributed by atoms with E-state index in [1.807, 2.05) is 0 Å². The number of urea groups is 1. The standard InChI is InChI=1S/C11H23N3O2/c1-9(14(3)10-4-5-10)8-12-11(16)13(2)6-7-15/h9-10,15H,4-8H2,1-3H3,(H,12,16). The maximum absolute atomic E-state index is 11.5. The Morgan fingerprint density at radius 2 is 2.12 bits per heavy atom. The van der Waals surface area contributed by atoms with E-state index in [1.165, 1.54) is 17.7 Å². The van der Waals surface area contributed by atoms with Crippen molar-refractivity contribution in [3.63, 3.8) is 0 Å². The number of hydrogen-bond donors (Lipinski definition) is 2. The maximum atomic E-state index is 11.5. The fraction of sp³-hybridized carbons (Fsp3) is 0.909. The predicted octanol–water partition coefficient (Wildman–Crippen LogP) is 0.103. The number of carbonyl (C=O) groups excluding carboxylic acids is 1. The van der Waals surface area contributed by atoms with Crippen molar-refractivity contribution in [2.75, 3.05) is 33.8 Å². The van der Waals surface area contributed by atoms with E-state index in [0.717, 1.165) is 0 Å². The molecule has 16 heavy (non-hydrogen) atoms. The first kappa shape index (κ1) is 13.3. The summed E-state index contributed by atoms with van der Waals surface area (Å²) in [6.45, 7) is 3.15.